The second-order valence-corrected chi connectivity index (χ2v) is 5.92. The van der Waals surface area contributed by atoms with Crippen LogP contribution in [0.1, 0.15) is 47.4 Å². The van der Waals surface area contributed by atoms with Gasteiger partial charge in [0.15, 0.2) is 0 Å². The number of hydrogen-bond acceptors (Lipinski definition) is 1. The van der Waals surface area contributed by atoms with Crippen LogP contribution in [0.15, 0.2) is 42.5 Å². The Morgan fingerprint density at radius 1 is 0.952 bits per heavy atom. The summed E-state index contributed by atoms with van der Waals surface area (Å²) in [5, 5.41) is 0. The molecule has 0 amide bonds. The molecule has 2 aromatic carbocycles. The van der Waals surface area contributed by atoms with Crippen molar-refractivity contribution >= 4 is 0 Å². The molecule has 0 aliphatic heterocycles. The van der Waals surface area contributed by atoms with Gasteiger partial charge in [-0.1, -0.05) is 30.3 Å². The molecule has 0 heterocycles. The summed E-state index contributed by atoms with van der Waals surface area (Å²) in [6.45, 7) is 0.609. The van der Waals surface area contributed by atoms with Crippen LogP contribution >= 0.6 is 0 Å². The zero-order valence-corrected chi connectivity index (χ0v) is 12.3. The van der Waals surface area contributed by atoms with Crippen LogP contribution in [-0.4, -0.2) is 6.54 Å². The second kappa shape index (κ2) is 6.40. The molecule has 3 rings (SSSR count). The molecule has 0 fully saturated rings. The predicted octanol–water partition coefficient (Wildman–Crippen LogP) is 4.19. The number of halogens is 1. The first-order valence-electron chi connectivity index (χ1n) is 7.85. The molecule has 2 N–H and O–H groups in total. The molecular formula is C19H22FN. The molecule has 110 valence electrons. The van der Waals surface area contributed by atoms with Gasteiger partial charge in [-0.25, -0.2) is 4.39 Å². The molecule has 1 unspecified atom stereocenters. The summed E-state index contributed by atoms with van der Waals surface area (Å²) in [6.07, 6.45) is 5.78. The van der Waals surface area contributed by atoms with Crippen LogP contribution in [0.4, 0.5) is 4.39 Å². The average molecular weight is 283 g/mol. The lowest BCUT2D eigenvalue weighted by Crippen LogP contribution is -2.11. The molecule has 0 radical (unpaired) electrons. The Hall–Kier alpha value is -1.67. The van der Waals surface area contributed by atoms with E-state index in [0.717, 1.165) is 12.0 Å². The summed E-state index contributed by atoms with van der Waals surface area (Å²) in [7, 11) is 0. The lowest BCUT2D eigenvalue weighted by molar-refractivity contribution is 0.620. The zero-order valence-electron chi connectivity index (χ0n) is 12.3. The maximum Gasteiger partial charge on any atom is 0.123 e. The van der Waals surface area contributed by atoms with Crippen LogP contribution in [0.3, 0.4) is 0 Å². The number of fused-ring (bicyclic) bond motifs is 1. The SMILES string of the molecule is NCCC(c1cccc(F)c1)c1ccc2c(c1)CCCC2. The third-order valence-corrected chi connectivity index (χ3v) is 4.48. The highest BCUT2D eigenvalue weighted by Gasteiger charge is 2.17. The van der Waals surface area contributed by atoms with Crippen molar-refractivity contribution < 1.29 is 4.39 Å². The van der Waals surface area contributed by atoms with E-state index < -0.39 is 0 Å². The first kappa shape index (κ1) is 14.3. The van der Waals surface area contributed by atoms with Gasteiger partial charge < -0.3 is 5.73 Å². The summed E-state index contributed by atoms with van der Waals surface area (Å²) in [6, 6.07) is 13.7. The molecule has 0 bridgehead atoms. The maximum atomic E-state index is 13.5. The predicted molar refractivity (Wildman–Crippen MR) is 85.0 cm³/mol. The van der Waals surface area contributed by atoms with Gasteiger partial charge >= 0.3 is 0 Å². The summed E-state index contributed by atoms with van der Waals surface area (Å²) >= 11 is 0. The van der Waals surface area contributed by atoms with Crippen molar-refractivity contribution in [1.82, 2.24) is 0 Å². The second-order valence-electron chi connectivity index (χ2n) is 5.92. The van der Waals surface area contributed by atoms with Crippen LogP contribution in [0.5, 0.6) is 0 Å². The van der Waals surface area contributed by atoms with Crippen molar-refractivity contribution in [3.63, 3.8) is 0 Å². The van der Waals surface area contributed by atoms with Crippen LogP contribution in [-0.2, 0) is 12.8 Å². The number of nitrogens with two attached hydrogens (primary N) is 1. The van der Waals surface area contributed by atoms with E-state index in [-0.39, 0.29) is 11.7 Å². The largest absolute Gasteiger partial charge is 0.330 e. The van der Waals surface area contributed by atoms with Crippen molar-refractivity contribution in [3.8, 4) is 0 Å². The lowest BCUT2D eigenvalue weighted by atomic mass is 9.84. The van der Waals surface area contributed by atoms with E-state index in [0.29, 0.717) is 6.54 Å². The topological polar surface area (TPSA) is 26.0 Å². The van der Waals surface area contributed by atoms with Crippen LogP contribution in [0, 0.1) is 5.82 Å². The van der Waals surface area contributed by atoms with Gasteiger partial charge in [0, 0.05) is 5.92 Å². The van der Waals surface area contributed by atoms with E-state index >= 15 is 0 Å². The fraction of sp³-hybridized carbons (Fsp3) is 0.368. The molecule has 1 aliphatic carbocycles. The molecule has 2 aromatic rings. The molecule has 0 saturated heterocycles. The molecule has 1 atom stereocenters. The van der Waals surface area contributed by atoms with E-state index in [9.17, 15) is 4.39 Å². The Bertz CT molecular complexity index is 621. The van der Waals surface area contributed by atoms with E-state index in [4.69, 9.17) is 5.73 Å². The molecule has 1 nitrogen and oxygen atoms in total. The molecule has 1 aliphatic rings. The van der Waals surface area contributed by atoms with Crippen molar-refractivity contribution in [3.05, 3.63) is 70.5 Å². The third kappa shape index (κ3) is 3.16. The number of hydrogen-bond donors (Lipinski definition) is 1. The average Bonchev–Trinajstić information content (AvgIpc) is 2.52. The minimum Gasteiger partial charge on any atom is -0.330 e. The van der Waals surface area contributed by atoms with E-state index in [1.165, 1.54) is 48.4 Å². The Kier molecular flexibility index (Phi) is 4.35. The van der Waals surface area contributed by atoms with Gasteiger partial charge in [0.25, 0.3) is 0 Å². The Morgan fingerprint density at radius 2 is 1.71 bits per heavy atom. The van der Waals surface area contributed by atoms with Gasteiger partial charge in [-0.2, -0.15) is 0 Å². The number of aryl methyl sites for hydroxylation is 2. The monoisotopic (exact) mass is 283 g/mol. The smallest absolute Gasteiger partial charge is 0.123 e. The summed E-state index contributed by atoms with van der Waals surface area (Å²) in [4.78, 5) is 0. The fourth-order valence-corrected chi connectivity index (χ4v) is 3.39. The minimum absolute atomic E-state index is 0.174. The molecular weight excluding hydrogens is 261 g/mol. The Balaban J connectivity index is 1.97. The first-order chi connectivity index (χ1) is 10.3. The van der Waals surface area contributed by atoms with Crippen LogP contribution < -0.4 is 5.73 Å². The zero-order chi connectivity index (χ0) is 14.7. The van der Waals surface area contributed by atoms with Gasteiger partial charge in [0.1, 0.15) is 5.82 Å². The highest BCUT2D eigenvalue weighted by atomic mass is 19.1. The molecule has 0 spiro atoms. The van der Waals surface area contributed by atoms with E-state index in [2.05, 4.69) is 18.2 Å². The molecule has 0 aromatic heterocycles. The minimum atomic E-state index is -0.174. The normalized spacial score (nSPS) is 15.5. The van der Waals surface area contributed by atoms with Crippen LogP contribution in [0.2, 0.25) is 0 Å². The highest BCUT2D eigenvalue weighted by Crippen LogP contribution is 2.31. The Morgan fingerprint density at radius 3 is 2.48 bits per heavy atom. The van der Waals surface area contributed by atoms with Gasteiger partial charge in [0.05, 0.1) is 0 Å². The van der Waals surface area contributed by atoms with E-state index in [1.54, 1.807) is 12.1 Å². The quantitative estimate of drug-likeness (QED) is 0.894. The summed E-state index contributed by atoms with van der Waals surface area (Å²) in [5.41, 5.74) is 11.0. The first-order valence-corrected chi connectivity index (χ1v) is 7.85. The van der Waals surface area contributed by atoms with Crippen molar-refractivity contribution in [2.75, 3.05) is 6.54 Å². The van der Waals surface area contributed by atoms with Gasteiger partial charge in [0.2, 0.25) is 0 Å². The molecule has 21 heavy (non-hydrogen) atoms. The van der Waals surface area contributed by atoms with Crippen molar-refractivity contribution in [2.45, 2.75) is 38.0 Å². The fourth-order valence-electron chi connectivity index (χ4n) is 3.39. The van der Waals surface area contributed by atoms with Gasteiger partial charge in [-0.3, -0.25) is 0 Å². The van der Waals surface area contributed by atoms with Gasteiger partial charge in [-0.05, 0) is 73.0 Å². The third-order valence-electron chi connectivity index (χ3n) is 4.48. The summed E-state index contributed by atoms with van der Waals surface area (Å²) < 4.78 is 13.5. The van der Waals surface area contributed by atoms with Crippen LogP contribution in [0.25, 0.3) is 0 Å². The molecule has 0 saturated carbocycles. The lowest BCUT2D eigenvalue weighted by Gasteiger charge is -2.22. The Labute approximate surface area is 126 Å². The molecule has 2 heteroatoms. The van der Waals surface area contributed by atoms with Gasteiger partial charge in [-0.15, -0.1) is 0 Å². The van der Waals surface area contributed by atoms with Crippen molar-refractivity contribution in [2.24, 2.45) is 5.73 Å². The van der Waals surface area contributed by atoms with Crippen molar-refractivity contribution in [1.29, 1.82) is 0 Å². The maximum absolute atomic E-state index is 13.5. The number of benzene rings is 2. The summed E-state index contributed by atoms with van der Waals surface area (Å²) in [5.74, 6) is 0.0189. The standard InChI is InChI=1S/C19H22FN/c20-18-7-3-6-16(13-18)19(10-11-21)17-9-8-14-4-1-2-5-15(14)12-17/h3,6-9,12-13,19H,1-2,4-5,10-11,21H2. The number of rotatable bonds is 4. The highest BCUT2D eigenvalue weighted by molar-refractivity contribution is 5.39. The van der Waals surface area contributed by atoms with E-state index in [1.807, 2.05) is 6.07 Å².